The van der Waals surface area contributed by atoms with Gasteiger partial charge in [0.05, 0.1) is 33.2 Å². The summed E-state index contributed by atoms with van der Waals surface area (Å²) in [5, 5.41) is 4.05. The van der Waals surface area contributed by atoms with Crippen LogP contribution in [-0.4, -0.2) is 55.0 Å². The minimum Gasteiger partial charge on any atom is -0.350 e. The Morgan fingerprint density at radius 2 is 1.79 bits per heavy atom. The summed E-state index contributed by atoms with van der Waals surface area (Å²) >= 11 is 0. The molecule has 0 saturated heterocycles. The number of carbonyl (C=O) groups excluding carboxylic acids is 2. The van der Waals surface area contributed by atoms with E-state index in [1.165, 1.54) is 4.90 Å². The van der Waals surface area contributed by atoms with Crippen LogP contribution >= 0.6 is 0 Å². The second-order valence-corrected chi connectivity index (χ2v) is 7.94. The molecule has 1 aliphatic rings. The highest BCUT2D eigenvalue weighted by Gasteiger charge is 2.39. The van der Waals surface area contributed by atoms with Gasteiger partial charge in [-0.05, 0) is 17.7 Å². The van der Waals surface area contributed by atoms with E-state index in [4.69, 9.17) is 0 Å². The van der Waals surface area contributed by atoms with Gasteiger partial charge in [-0.3, -0.25) is 9.59 Å². The van der Waals surface area contributed by atoms with Crippen molar-refractivity contribution in [1.82, 2.24) is 14.8 Å². The first-order valence-corrected chi connectivity index (χ1v) is 9.97. The number of hydrogen-bond donors (Lipinski definition) is 2. The first-order chi connectivity index (χ1) is 14.0. The topological polar surface area (TPSA) is 58.8 Å². The Balaban J connectivity index is 1.70. The van der Waals surface area contributed by atoms with Gasteiger partial charge in [-0.15, -0.1) is 0 Å². The van der Waals surface area contributed by atoms with Gasteiger partial charge in [-0.1, -0.05) is 36.4 Å². The number of quaternary nitrogens is 1. The molecule has 150 valence electrons. The van der Waals surface area contributed by atoms with E-state index >= 15 is 0 Å². The fraction of sp³-hybridized carbons (Fsp3) is 0.304. The second kappa shape index (κ2) is 7.72. The summed E-state index contributed by atoms with van der Waals surface area (Å²) in [6.07, 6.45) is 2.07. The van der Waals surface area contributed by atoms with Gasteiger partial charge in [0.2, 0.25) is 5.91 Å². The Kier molecular flexibility index (Phi) is 5.11. The molecule has 0 spiro atoms. The van der Waals surface area contributed by atoms with Gasteiger partial charge in [0.1, 0.15) is 6.54 Å². The van der Waals surface area contributed by atoms with Crippen molar-refractivity contribution < 1.29 is 14.5 Å². The van der Waals surface area contributed by atoms with Crippen LogP contribution in [0.5, 0.6) is 0 Å². The van der Waals surface area contributed by atoms with Crippen LogP contribution < -0.4 is 10.2 Å². The van der Waals surface area contributed by atoms with E-state index in [9.17, 15) is 9.59 Å². The van der Waals surface area contributed by atoms with Crippen LogP contribution in [0, 0.1) is 0 Å². The summed E-state index contributed by atoms with van der Waals surface area (Å²) in [7, 11) is 6.10. The average molecular weight is 391 g/mol. The van der Waals surface area contributed by atoms with Gasteiger partial charge >= 0.3 is 0 Å². The van der Waals surface area contributed by atoms with E-state index in [2.05, 4.69) is 28.2 Å². The molecule has 2 heterocycles. The molecule has 0 aliphatic carbocycles. The van der Waals surface area contributed by atoms with Gasteiger partial charge in [0.15, 0.2) is 0 Å². The van der Waals surface area contributed by atoms with Crippen molar-refractivity contribution in [3.8, 4) is 0 Å². The number of benzene rings is 2. The van der Waals surface area contributed by atoms with Crippen LogP contribution in [0.4, 0.5) is 0 Å². The predicted molar refractivity (Wildman–Crippen MR) is 113 cm³/mol. The van der Waals surface area contributed by atoms with Crippen molar-refractivity contribution >= 4 is 22.7 Å². The van der Waals surface area contributed by atoms with E-state index in [-0.39, 0.29) is 24.4 Å². The predicted octanol–water partition coefficient (Wildman–Crippen LogP) is 0.984. The Morgan fingerprint density at radius 3 is 2.59 bits per heavy atom. The number of aryl methyl sites for hydroxylation is 1. The maximum absolute atomic E-state index is 13.2. The maximum Gasteiger partial charge on any atom is 0.255 e. The van der Waals surface area contributed by atoms with Crippen LogP contribution in [0.25, 0.3) is 10.9 Å². The van der Waals surface area contributed by atoms with Crippen molar-refractivity contribution in [2.45, 2.75) is 6.04 Å². The summed E-state index contributed by atoms with van der Waals surface area (Å²) in [6, 6.07) is 15.6. The number of aromatic nitrogens is 1. The Bertz CT molecular complexity index is 1070. The third kappa shape index (κ3) is 3.51. The van der Waals surface area contributed by atoms with Crippen molar-refractivity contribution in [3.05, 3.63) is 71.4 Å². The number of carbonyl (C=O) groups is 2. The van der Waals surface area contributed by atoms with E-state index in [0.29, 0.717) is 12.1 Å². The van der Waals surface area contributed by atoms with Crippen molar-refractivity contribution in [2.75, 3.05) is 33.7 Å². The summed E-state index contributed by atoms with van der Waals surface area (Å²) in [5.41, 5.74) is 3.79. The molecule has 0 radical (unpaired) electrons. The molecule has 0 bridgehead atoms. The second-order valence-electron chi connectivity index (χ2n) is 7.94. The van der Waals surface area contributed by atoms with Crippen LogP contribution in [0.15, 0.2) is 54.7 Å². The summed E-state index contributed by atoms with van der Waals surface area (Å²) in [6.45, 7) is 1.48. The Hall–Kier alpha value is -3.12. The molecule has 6 nitrogen and oxygen atoms in total. The number of nitrogens with one attached hydrogen (secondary N) is 2. The van der Waals surface area contributed by atoms with E-state index in [1.54, 1.807) is 4.90 Å². The Morgan fingerprint density at radius 1 is 1.07 bits per heavy atom. The first kappa shape index (κ1) is 19.2. The molecule has 2 N–H and O–H groups in total. The molecule has 0 unspecified atom stereocenters. The number of nitrogens with zero attached hydrogens (tertiary/aromatic N) is 2. The number of para-hydroxylation sites is 1. The molecular weight excluding hydrogens is 364 g/mol. The van der Waals surface area contributed by atoms with E-state index in [1.807, 2.05) is 57.5 Å². The van der Waals surface area contributed by atoms with Crippen molar-refractivity contribution in [2.24, 2.45) is 7.05 Å². The zero-order chi connectivity index (χ0) is 20.5. The fourth-order valence-electron chi connectivity index (χ4n) is 4.12. The van der Waals surface area contributed by atoms with E-state index in [0.717, 1.165) is 28.6 Å². The van der Waals surface area contributed by atoms with Gasteiger partial charge in [-0.2, -0.15) is 0 Å². The van der Waals surface area contributed by atoms with Gasteiger partial charge < -0.3 is 19.7 Å². The molecule has 1 aromatic heterocycles. The highest BCUT2D eigenvalue weighted by atomic mass is 16.2. The largest absolute Gasteiger partial charge is 0.350 e. The molecule has 29 heavy (non-hydrogen) atoms. The lowest BCUT2D eigenvalue weighted by atomic mass is 9.97. The molecule has 0 fully saturated rings. The first-order valence-electron chi connectivity index (χ1n) is 9.97. The lowest BCUT2D eigenvalue weighted by Gasteiger charge is -2.25. The number of amides is 2. The normalized spacial score (nSPS) is 15.9. The molecular formula is C23H27N4O2+. The van der Waals surface area contributed by atoms with Crippen molar-refractivity contribution in [3.63, 3.8) is 0 Å². The van der Waals surface area contributed by atoms with Gasteiger partial charge in [-0.25, -0.2) is 0 Å². The summed E-state index contributed by atoms with van der Waals surface area (Å²) in [5.74, 6) is -0.218. The smallest absolute Gasteiger partial charge is 0.255 e. The fourth-order valence-corrected chi connectivity index (χ4v) is 4.12. The highest BCUT2D eigenvalue weighted by Crippen LogP contribution is 2.41. The number of likely N-dealkylation sites (N-methyl/N-ethyl adjacent to an activating group) is 1. The summed E-state index contributed by atoms with van der Waals surface area (Å²) in [4.78, 5) is 28.7. The van der Waals surface area contributed by atoms with E-state index < -0.39 is 0 Å². The molecule has 1 aliphatic heterocycles. The molecule has 3 aromatic rings. The SMILES string of the molecule is Cn1cc([C@@H]2c3ccccc3C(=O)N2CC(=O)NCC[NH+](C)C)c2ccccc21. The summed E-state index contributed by atoms with van der Waals surface area (Å²) < 4.78 is 2.08. The average Bonchev–Trinajstić information content (AvgIpc) is 3.17. The number of fused-ring (bicyclic) bond motifs is 2. The van der Waals surface area contributed by atoms with Crippen LogP contribution in [0.1, 0.15) is 27.5 Å². The molecule has 0 saturated carbocycles. The van der Waals surface area contributed by atoms with Crippen LogP contribution in [-0.2, 0) is 11.8 Å². The standard InChI is InChI=1S/C23H26N4O2/c1-25(2)13-12-24-21(28)15-27-22(17-9-4-5-10-18(17)23(27)29)19-14-26(3)20-11-7-6-8-16(19)20/h4-11,14,22H,12-13,15H2,1-3H3,(H,24,28)/p+1/t22-/m0/s1. The third-order valence-corrected chi connectivity index (χ3v) is 5.54. The van der Waals surface area contributed by atoms with Gasteiger partial charge in [0.25, 0.3) is 5.91 Å². The minimum atomic E-state index is -0.268. The van der Waals surface area contributed by atoms with Crippen LogP contribution in [0.3, 0.4) is 0 Å². The lowest BCUT2D eigenvalue weighted by molar-refractivity contribution is -0.856. The zero-order valence-corrected chi connectivity index (χ0v) is 17.1. The minimum absolute atomic E-state index is 0.0458. The van der Waals surface area contributed by atoms with Crippen LogP contribution in [0.2, 0.25) is 0 Å². The monoisotopic (exact) mass is 391 g/mol. The third-order valence-electron chi connectivity index (χ3n) is 5.54. The highest BCUT2D eigenvalue weighted by molar-refractivity contribution is 6.02. The molecule has 2 aromatic carbocycles. The molecule has 1 atom stereocenters. The molecule has 2 amide bonds. The molecule has 4 rings (SSSR count). The number of hydrogen-bond acceptors (Lipinski definition) is 2. The lowest BCUT2D eigenvalue weighted by Crippen LogP contribution is -3.06. The number of rotatable bonds is 6. The Labute approximate surface area is 170 Å². The maximum atomic E-state index is 13.2. The molecule has 6 heteroatoms. The quantitative estimate of drug-likeness (QED) is 0.658. The van der Waals surface area contributed by atoms with Crippen molar-refractivity contribution in [1.29, 1.82) is 0 Å². The van der Waals surface area contributed by atoms with Gasteiger partial charge in [0, 0.05) is 35.3 Å². The zero-order valence-electron chi connectivity index (χ0n) is 17.1.